The lowest BCUT2D eigenvalue weighted by Gasteiger charge is -2.10. The molecule has 0 unspecified atom stereocenters. The lowest BCUT2D eigenvalue weighted by Crippen LogP contribution is -2.27. The summed E-state index contributed by atoms with van der Waals surface area (Å²) in [6.45, 7) is 5.05. The highest BCUT2D eigenvalue weighted by Gasteiger charge is 2.44. The molecule has 0 aromatic carbocycles. The van der Waals surface area contributed by atoms with Gasteiger partial charge in [0.2, 0.25) is 5.91 Å². The molecule has 1 aromatic rings. The lowest BCUT2D eigenvalue weighted by atomic mass is 10.2. The standard InChI is InChI=1S/C16H23NO3S/c1-11-3-4-15(21-11)13-9-14(13)16(18)17-6-2-7-20-12-5-8-19-10-12/h3-4,12-14H,2,5-10H2,1H3,(H,17,18)/t12-,13-,14-/m1/s1. The van der Waals surface area contributed by atoms with Crippen molar-refractivity contribution >= 4 is 17.2 Å². The van der Waals surface area contributed by atoms with Crippen LogP contribution in [0.25, 0.3) is 0 Å². The third kappa shape index (κ3) is 4.05. The van der Waals surface area contributed by atoms with E-state index in [-0.39, 0.29) is 17.9 Å². The van der Waals surface area contributed by atoms with E-state index in [2.05, 4.69) is 24.4 Å². The number of nitrogens with one attached hydrogen (secondary N) is 1. The number of rotatable bonds is 7. The van der Waals surface area contributed by atoms with Gasteiger partial charge in [-0.05, 0) is 38.3 Å². The van der Waals surface area contributed by atoms with Gasteiger partial charge in [-0.2, -0.15) is 0 Å². The highest BCUT2D eigenvalue weighted by atomic mass is 32.1. The molecule has 3 rings (SSSR count). The molecule has 5 heteroatoms. The van der Waals surface area contributed by atoms with Crippen molar-refractivity contribution in [1.29, 1.82) is 0 Å². The van der Waals surface area contributed by atoms with Gasteiger partial charge in [0.05, 0.1) is 12.7 Å². The van der Waals surface area contributed by atoms with Crippen molar-refractivity contribution in [2.45, 2.75) is 38.2 Å². The molecule has 1 aromatic heterocycles. The Labute approximate surface area is 129 Å². The number of thiophene rings is 1. The summed E-state index contributed by atoms with van der Waals surface area (Å²) in [6, 6.07) is 4.30. The Bertz CT molecular complexity index is 482. The van der Waals surface area contributed by atoms with E-state index in [9.17, 15) is 4.79 Å². The maximum absolute atomic E-state index is 12.0. The summed E-state index contributed by atoms with van der Waals surface area (Å²) in [5.41, 5.74) is 0. The molecule has 1 saturated carbocycles. The molecule has 1 saturated heterocycles. The Balaban J connectivity index is 1.29. The van der Waals surface area contributed by atoms with Crippen LogP contribution in [0.5, 0.6) is 0 Å². The third-order valence-electron chi connectivity index (χ3n) is 4.12. The average molecular weight is 309 g/mol. The third-order valence-corrected chi connectivity index (χ3v) is 5.25. The Kier molecular flexibility index (Phi) is 4.93. The van der Waals surface area contributed by atoms with E-state index in [1.807, 2.05) is 11.3 Å². The number of aryl methyl sites for hydroxylation is 1. The highest BCUT2D eigenvalue weighted by Crippen LogP contribution is 2.49. The maximum atomic E-state index is 12.0. The molecule has 2 heterocycles. The molecule has 116 valence electrons. The molecule has 4 nitrogen and oxygen atoms in total. The summed E-state index contributed by atoms with van der Waals surface area (Å²) in [6.07, 6.45) is 3.13. The normalized spacial score (nSPS) is 27.8. The van der Waals surface area contributed by atoms with Gasteiger partial charge in [0.15, 0.2) is 0 Å². The summed E-state index contributed by atoms with van der Waals surface area (Å²) in [5, 5.41) is 3.03. The van der Waals surface area contributed by atoms with Crippen LogP contribution in [0.2, 0.25) is 0 Å². The van der Waals surface area contributed by atoms with Gasteiger partial charge in [0, 0.05) is 41.3 Å². The van der Waals surface area contributed by atoms with Crippen molar-refractivity contribution in [3.63, 3.8) is 0 Å². The van der Waals surface area contributed by atoms with Crippen molar-refractivity contribution in [2.75, 3.05) is 26.4 Å². The van der Waals surface area contributed by atoms with Gasteiger partial charge in [-0.15, -0.1) is 11.3 Å². The fourth-order valence-corrected chi connectivity index (χ4v) is 3.82. The molecule has 0 bridgehead atoms. The van der Waals surface area contributed by atoms with Crippen LogP contribution in [0.3, 0.4) is 0 Å². The van der Waals surface area contributed by atoms with Crippen molar-refractivity contribution < 1.29 is 14.3 Å². The van der Waals surface area contributed by atoms with E-state index in [0.717, 1.165) is 32.5 Å². The predicted molar refractivity (Wildman–Crippen MR) is 82.7 cm³/mol. The molecular weight excluding hydrogens is 286 g/mol. The first kappa shape index (κ1) is 15.0. The maximum Gasteiger partial charge on any atom is 0.223 e. The lowest BCUT2D eigenvalue weighted by molar-refractivity contribution is -0.122. The van der Waals surface area contributed by atoms with E-state index in [1.54, 1.807) is 0 Å². The van der Waals surface area contributed by atoms with Crippen molar-refractivity contribution in [2.24, 2.45) is 5.92 Å². The molecule has 1 aliphatic carbocycles. The molecular formula is C16H23NO3S. The summed E-state index contributed by atoms with van der Waals surface area (Å²) in [7, 11) is 0. The Morgan fingerprint density at radius 3 is 3.14 bits per heavy atom. The van der Waals surface area contributed by atoms with Crippen molar-refractivity contribution in [1.82, 2.24) is 5.32 Å². The zero-order valence-corrected chi connectivity index (χ0v) is 13.3. The fourth-order valence-electron chi connectivity index (χ4n) is 2.76. The van der Waals surface area contributed by atoms with Gasteiger partial charge < -0.3 is 14.8 Å². The zero-order chi connectivity index (χ0) is 14.7. The number of carbonyl (C=O) groups is 1. The second-order valence-electron chi connectivity index (χ2n) is 5.90. The van der Waals surface area contributed by atoms with Crippen molar-refractivity contribution in [3.05, 3.63) is 21.9 Å². The SMILES string of the molecule is Cc1ccc([C@@H]2C[C@H]2C(=O)NCCCO[C@@H]2CCOC2)s1. The van der Waals surface area contributed by atoms with Gasteiger partial charge in [0.1, 0.15) is 0 Å². The van der Waals surface area contributed by atoms with E-state index < -0.39 is 0 Å². The molecule has 2 aliphatic rings. The van der Waals surface area contributed by atoms with Crippen LogP contribution < -0.4 is 5.32 Å². The number of ether oxygens (including phenoxy) is 2. The molecule has 2 fully saturated rings. The minimum absolute atomic E-state index is 0.187. The Morgan fingerprint density at radius 2 is 2.43 bits per heavy atom. The molecule has 1 N–H and O–H groups in total. The van der Waals surface area contributed by atoms with Gasteiger partial charge in [-0.25, -0.2) is 0 Å². The van der Waals surface area contributed by atoms with Crippen LogP contribution in [0.15, 0.2) is 12.1 Å². The number of hydrogen-bond donors (Lipinski definition) is 1. The number of amides is 1. The van der Waals surface area contributed by atoms with Crippen LogP contribution in [0.1, 0.15) is 34.9 Å². The van der Waals surface area contributed by atoms with Crippen LogP contribution >= 0.6 is 11.3 Å². The zero-order valence-electron chi connectivity index (χ0n) is 12.5. The first-order valence-corrected chi connectivity index (χ1v) is 8.59. The summed E-state index contributed by atoms with van der Waals surface area (Å²) >= 11 is 1.81. The molecule has 0 spiro atoms. The first-order chi connectivity index (χ1) is 10.2. The van der Waals surface area contributed by atoms with E-state index in [0.29, 0.717) is 19.1 Å². The predicted octanol–water partition coefficient (Wildman–Crippen LogP) is 2.47. The van der Waals surface area contributed by atoms with E-state index in [1.165, 1.54) is 9.75 Å². The van der Waals surface area contributed by atoms with Gasteiger partial charge >= 0.3 is 0 Å². The molecule has 0 radical (unpaired) electrons. The summed E-state index contributed by atoms with van der Waals surface area (Å²) in [4.78, 5) is 14.7. The van der Waals surface area contributed by atoms with Crippen LogP contribution in [0.4, 0.5) is 0 Å². The minimum Gasteiger partial charge on any atom is -0.379 e. The summed E-state index contributed by atoms with van der Waals surface area (Å²) in [5.74, 6) is 0.845. The van der Waals surface area contributed by atoms with E-state index >= 15 is 0 Å². The van der Waals surface area contributed by atoms with Crippen LogP contribution in [-0.4, -0.2) is 38.4 Å². The number of hydrogen-bond acceptors (Lipinski definition) is 4. The van der Waals surface area contributed by atoms with Gasteiger partial charge in [-0.3, -0.25) is 4.79 Å². The fraction of sp³-hybridized carbons (Fsp3) is 0.688. The van der Waals surface area contributed by atoms with Crippen molar-refractivity contribution in [3.8, 4) is 0 Å². The second kappa shape index (κ2) is 6.90. The molecule has 3 atom stereocenters. The Hall–Kier alpha value is -0.910. The Morgan fingerprint density at radius 1 is 1.52 bits per heavy atom. The summed E-state index contributed by atoms with van der Waals surface area (Å²) < 4.78 is 10.9. The van der Waals surface area contributed by atoms with Gasteiger partial charge in [-0.1, -0.05) is 0 Å². The molecule has 1 amide bonds. The quantitative estimate of drug-likeness (QED) is 0.787. The largest absolute Gasteiger partial charge is 0.379 e. The smallest absolute Gasteiger partial charge is 0.223 e. The minimum atomic E-state index is 0.187. The first-order valence-electron chi connectivity index (χ1n) is 7.77. The second-order valence-corrected chi connectivity index (χ2v) is 7.22. The monoisotopic (exact) mass is 309 g/mol. The molecule has 1 aliphatic heterocycles. The van der Waals surface area contributed by atoms with Crippen LogP contribution in [-0.2, 0) is 14.3 Å². The van der Waals surface area contributed by atoms with Crippen LogP contribution in [0, 0.1) is 12.8 Å². The molecule has 21 heavy (non-hydrogen) atoms. The van der Waals surface area contributed by atoms with E-state index in [4.69, 9.17) is 9.47 Å². The number of carbonyl (C=O) groups excluding carboxylic acids is 1. The highest BCUT2D eigenvalue weighted by molar-refractivity contribution is 7.12. The average Bonchev–Trinajstić information content (AvgIpc) is 2.88. The van der Waals surface area contributed by atoms with Gasteiger partial charge in [0.25, 0.3) is 0 Å². The topological polar surface area (TPSA) is 47.6 Å².